The maximum absolute atomic E-state index is 5.98. The molecule has 0 aliphatic heterocycles. The van der Waals surface area contributed by atoms with E-state index < -0.39 is 0 Å². The molecule has 0 saturated heterocycles. The van der Waals surface area contributed by atoms with E-state index in [2.05, 4.69) is 35.9 Å². The number of hydrogen-bond acceptors (Lipinski definition) is 3. The van der Waals surface area contributed by atoms with E-state index in [1.165, 1.54) is 5.56 Å². The number of nitrogens with one attached hydrogen (secondary N) is 1. The molecular formula is C21H18ClN3O. The van der Waals surface area contributed by atoms with Gasteiger partial charge in [-0.2, -0.15) is 0 Å². The fraction of sp³-hybridized carbons (Fsp3) is 0.143. The standard InChI is InChI=1S/C21H18ClN3O/c1-13(2)16-5-3-4-6-17(16)21-24-11-18-20(25-21)19(12-23-18)26-15-9-7-14(22)8-10-15/h3-13,23H,1-2H3. The van der Waals surface area contributed by atoms with E-state index in [1.807, 2.05) is 24.3 Å². The predicted octanol–water partition coefficient (Wildman–Crippen LogP) is 6.19. The van der Waals surface area contributed by atoms with Gasteiger partial charge in [0.25, 0.3) is 0 Å². The molecule has 0 amide bonds. The summed E-state index contributed by atoms with van der Waals surface area (Å²) >= 11 is 5.94. The van der Waals surface area contributed by atoms with E-state index in [9.17, 15) is 0 Å². The van der Waals surface area contributed by atoms with Gasteiger partial charge in [-0.05, 0) is 35.7 Å². The quantitative estimate of drug-likeness (QED) is 0.470. The van der Waals surface area contributed by atoms with E-state index in [1.54, 1.807) is 24.5 Å². The Labute approximate surface area is 156 Å². The lowest BCUT2D eigenvalue weighted by Crippen LogP contribution is -1.96. The Morgan fingerprint density at radius 3 is 2.58 bits per heavy atom. The summed E-state index contributed by atoms with van der Waals surface area (Å²) in [5, 5.41) is 0.672. The number of rotatable bonds is 4. The van der Waals surface area contributed by atoms with Crippen LogP contribution in [0.5, 0.6) is 11.5 Å². The highest BCUT2D eigenvalue weighted by Crippen LogP contribution is 2.32. The van der Waals surface area contributed by atoms with Gasteiger partial charge in [-0.15, -0.1) is 0 Å². The Kier molecular flexibility index (Phi) is 4.35. The van der Waals surface area contributed by atoms with E-state index in [4.69, 9.17) is 21.3 Å². The number of aromatic amines is 1. The minimum absolute atomic E-state index is 0.390. The summed E-state index contributed by atoms with van der Waals surface area (Å²) in [6.45, 7) is 4.34. The third-order valence-electron chi connectivity index (χ3n) is 4.25. The van der Waals surface area contributed by atoms with Crippen molar-refractivity contribution in [2.75, 3.05) is 0 Å². The molecule has 0 saturated carbocycles. The van der Waals surface area contributed by atoms with Gasteiger partial charge in [-0.3, -0.25) is 0 Å². The lowest BCUT2D eigenvalue weighted by molar-refractivity contribution is 0.487. The summed E-state index contributed by atoms with van der Waals surface area (Å²) in [7, 11) is 0. The fourth-order valence-electron chi connectivity index (χ4n) is 2.93. The van der Waals surface area contributed by atoms with Crippen LogP contribution in [0.15, 0.2) is 60.9 Å². The Morgan fingerprint density at radius 2 is 1.81 bits per heavy atom. The highest BCUT2D eigenvalue weighted by molar-refractivity contribution is 6.30. The molecule has 4 nitrogen and oxygen atoms in total. The van der Waals surface area contributed by atoms with E-state index >= 15 is 0 Å². The number of benzene rings is 2. The largest absolute Gasteiger partial charge is 0.453 e. The van der Waals surface area contributed by atoms with Gasteiger partial charge < -0.3 is 9.72 Å². The van der Waals surface area contributed by atoms with Crippen molar-refractivity contribution in [2.24, 2.45) is 0 Å². The van der Waals surface area contributed by atoms with Crippen LogP contribution < -0.4 is 4.74 Å². The topological polar surface area (TPSA) is 50.8 Å². The zero-order chi connectivity index (χ0) is 18.1. The van der Waals surface area contributed by atoms with Crippen molar-refractivity contribution >= 4 is 22.6 Å². The van der Waals surface area contributed by atoms with Crippen LogP contribution in [0.25, 0.3) is 22.4 Å². The molecule has 0 bridgehead atoms. The van der Waals surface area contributed by atoms with Crippen molar-refractivity contribution < 1.29 is 4.74 Å². The second kappa shape index (κ2) is 6.81. The highest BCUT2D eigenvalue weighted by Gasteiger charge is 2.14. The SMILES string of the molecule is CC(C)c1ccccc1-c1ncc2[nH]cc(Oc3ccc(Cl)cc3)c2n1. The van der Waals surface area contributed by atoms with Gasteiger partial charge in [0.05, 0.1) is 11.7 Å². The zero-order valence-electron chi connectivity index (χ0n) is 14.5. The van der Waals surface area contributed by atoms with Gasteiger partial charge in [0.2, 0.25) is 0 Å². The van der Waals surface area contributed by atoms with Crippen LogP contribution in [0.3, 0.4) is 0 Å². The van der Waals surface area contributed by atoms with Crippen LogP contribution in [-0.2, 0) is 0 Å². The highest BCUT2D eigenvalue weighted by atomic mass is 35.5. The number of halogens is 1. The number of H-pyrrole nitrogens is 1. The molecule has 0 spiro atoms. The lowest BCUT2D eigenvalue weighted by atomic mass is 9.97. The molecule has 2 heterocycles. The Bertz CT molecular complexity index is 1050. The van der Waals surface area contributed by atoms with Gasteiger partial charge in [0.1, 0.15) is 11.3 Å². The number of aromatic nitrogens is 3. The van der Waals surface area contributed by atoms with Gasteiger partial charge in [0.15, 0.2) is 11.6 Å². The first kappa shape index (κ1) is 16.6. The summed E-state index contributed by atoms with van der Waals surface area (Å²) < 4.78 is 5.98. The van der Waals surface area contributed by atoms with Crippen LogP contribution >= 0.6 is 11.6 Å². The number of ether oxygens (including phenoxy) is 1. The van der Waals surface area contributed by atoms with Crippen LogP contribution in [0.4, 0.5) is 0 Å². The molecule has 4 rings (SSSR count). The van der Waals surface area contributed by atoms with Gasteiger partial charge >= 0.3 is 0 Å². The van der Waals surface area contributed by atoms with Crippen LogP contribution in [0, 0.1) is 0 Å². The predicted molar refractivity (Wildman–Crippen MR) is 105 cm³/mol. The number of hydrogen-bond donors (Lipinski definition) is 1. The zero-order valence-corrected chi connectivity index (χ0v) is 15.3. The Balaban J connectivity index is 1.77. The second-order valence-electron chi connectivity index (χ2n) is 6.41. The molecular weight excluding hydrogens is 346 g/mol. The van der Waals surface area contributed by atoms with Gasteiger partial charge in [0, 0.05) is 16.8 Å². The summed E-state index contributed by atoms with van der Waals surface area (Å²) in [5.41, 5.74) is 3.86. The van der Waals surface area contributed by atoms with Crippen LogP contribution in [-0.4, -0.2) is 15.0 Å². The van der Waals surface area contributed by atoms with Crippen molar-refractivity contribution in [1.29, 1.82) is 0 Å². The second-order valence-corrected chi connectivity index (χ2v) is 6.84. The average Bonchev–Trinajstić information content (AvgIpc) is 3.05. The Morgan fingerprint density at radius 1 is 1.04 bits per heavy atom. The first-order valence-corrected chi connectivity index (χ1v) is 8.86. The smallest absolute Gasteiger partial charge is 0.171 e. The molecule has 2 aromatic heterocycles. The minimum Gasteiger partial charge on any atom is -0.453 e. The first-order valence-electron chi connectivity index (χ1n) is 8.48. The average molecular weight is 364 g/mol. The molecule has 130 valence electrons. The molecule has 4 aromatic rings. The Hall–Kier alpha value is -2.85. The molecule has 0 atom stereocenters. The normalized spacial score (nSPS) is 11.2. The van der Waals surface area contributed by atoms with Crippen LogP contribution in [0.2, 0.25) is 5.02 Å². The number of nitrogens with zero attached hydrogens (tertiary/aromatic N) is 2. The molecule has 0 aliphatic carbocycles. The summed E-state index contributed by atoms with van der Waals surface area (Å²) in [5.74, 6) is 2.45. The third kappa shape index (κ3) is 3.16. The van der Waals surface area contributed by atoms with Gasteiger partial charge in [-0.25, -0.2) is 9.97 Å². The molecule has 2 aromatic carbocycles. The van der Waals surface area contributed by atoms with Crippen molar-refractivity contribution in [3.05, 3.63) is 71.5 Å². The molecule has 1 N–H and O–H groups in total. The summed E-state index contributed by atoms with van der Waals surface area (Å²) in [6, 6.07) is 15.5. The van der Waals surface area contributed by atoms with Crippen molar-refractivity contribution in [3.8, 4) is 22.9 Å². The fourth-order valence-corrected chi connectivity index (χ4v) is 3.05. The van der Waals surface area contributed by atoms with Crippen molar-refractivity contribution in [2.45, 2.75) is 19.8 Å². The third-order valence-corrected chi connectivity index (χ3v) is 4.50. The molecule has 0 fully saturated rings. The number of fused-ring (bicyclic) bond motifs is 1. The molecule has 0 aliphatic rings. The maximum Gasteiger partial charge on any atom is 0.171 e. The lowest BCUT2D eigenvalue weighted by Gasteiger charge is -2.11. The van der Waals surface area contributed by atoms with Crippen LogP contribution in [0.1, 0.15) is 25.3 Å². The minimum atomic E-state index is 0.390. The first-order chi connectivity index (χ1) is 12.6. The summed E-state index contributed by atoms with van der Waals surface area (Å²) in [6.07, 6.45) is 3.59. The van der Waals surface area contributed by atoms with Gasteiger partial charge in [-0.1, -0.05) is 49.7 Å². The summed E-state index contributed by atoms with van der Waals surface area (Å²) in [4.78, 5) is 12.5. The molecule has 26 heavy (non-hydrogen) atoms. The molecule has 0 radical (unpaired) electrons. The molecule has 0 unspecified atom stereocenters. The van der Waals surface area contributed by atoms with E-state index in [0.29, 0.717) is 28.3 Å². The van der Waals surface area contributed by atoms with Crippen molar-refractivity contribution in [1.82, 2.24) is 15.0 Å². The van der Waals surface area contributed by atoms with E-state index in [0.717, 1.165) is 16.6 Å². The maximum atomic E-state index is 5.98. The monoisotopic (exact) mass is 363 g/mol. The van der Waals surface area contributed by atoms with Crippen molar-refractivity contribution in [3.63, 3.8) is 0 Å². The molecule has 5 heteroatoms. The van der Waals surface area contributed by atoms with E-state index in [-0.39, 0.29) is 0 Å².